The average Bonchev–Trinajstić information content (AvgIpc) is 2.04. The Bertz CT molecular complexity index is 302. The SMILES string of the molecule is O=C(O)C(=O)/C=C/C(=C/O)[N+](=O)[O-]. The van der Waals surface area contributed by atoms with E-state index < -0.39 is 22.4 Å². The van der Waals surface area contributed by atoms with Crippen LogP contribution < -0.4 is 0 Å². The van der Waals surface area contributed by atoms with Gasteiger partial charge in [-0.15, -0.1) is 0 Å². The molecule has 0 heterocycles. The summed E-state index contributed by atoms with van der Waals surface area (Å²) in [7, 11) is 0. The maximum Gasteiger partial charge on any atom is 0.376 e. The van der Waals surface area contributed by atoms with Crippen molar-refractivity contribution in [3.63, 3.8) is 0 Å². The second-order valence-corrected chi connectivity index (χ2v) is 1.81. The number of carbonyl (C=O) groups is 2. The van der Waals surface area contributed by atoms with Crippen LogP contribution in [0.3, 0.4) is 0 Å². The van der Waals surface area contributed by atoms with E-state index in [9.17, 15) is 19.7 Å². The van der Waals surface area contributed by atoms with Crippen molar-refractivity contribution in [1.29, 1.82) is 0 Å². The predicted octanol–water partition coefficient (Wildman–Crippen LogP) is -0.128. The van der Waals surface area contributed by atoms with Gasteiger partial charge in [-0.25, -0.2) is 4.79 Å². The minimum atomic E-state index is -1.73. The number of hydrogen-bond acceptors (Lipinski definition) is 5. The third kappa shape index (κ3) is 3.65. The zero-order valence-electron chi connectivity index (χ0n) is 6.21. The van der Waals surface area contributed by atoms with Crippen molar-refractivity contribution >= 4 is 11.8 Å². The van der Waals surface area contributed by atoms with Gasteiger partial charge < -0.3 is 10.2 Å². The highest BCUT2D eigenvalue weighted by Gasteiger charge is 2.10. The number of nitro groups is 1. The lowest BCUT2D eigenvalue weighted by atomic mass is 10.3. The molecule has 0 unspecified atom stereocenters. The molecule has 13 heavy (non-hydrogen) atoms. The number of nitrogens with zero attached hydrogens (tertiary/aromatic N) is 1. The normalized spacial score (nSPS) is 11.5. The van der Waals surface area contributed by atoms with Crippen molar-refractivity contribution < 1.29 is 24.7 Å². The van der Waals surface area contributed by atoms with Crippen molar-refractivity contribution in [2.75, 3.05) is 0 Å². The summed E-state index contributed by atoms with van der Waals surface area (Å²) >= 11 is 0. The van der Waals surface area contributed by atoms with E-state index in [1.165, 1.54) is 0 Å². The molecule has 0 aliphatic carbocycles. The molecule has 0 atom stereocenters. The van der Waals surface area contributed by atoms with E-state index in [0.717, 1.165) is 0 Å². The molecule has 0 fully saturated rings. The van der Waals surface area contributed by atoms with Gasteiger partial charge in [0.2, 0.25) is 0 Å². The van der Waals surface area contributed by atoms with Gasteiger partial charge in [0.25, 0.3) is 5.78 Å². The van der Waals surface area contributed by atoms with Gasteiger partial charge in [-0.2, -0.15) is 0 Å². The zero-order valence-corrected chi connectivity index (χ0v) is 6.21. The van der Waals surface area contributed by atoms with Crippen molar-refractivity contribution in [3.8, 4) is 0 Å². The summed E-state index contributed by atoms with van der Waals surface area (Å²) in [5, 5.41) is 26.3. The molecule has 0 radical (unpaired) electrons. The van der Waals surface area contributed by atoms with Gasteiger partial charge in [-0.3, -0.25) is 14.9 Å². The summed E-state index contributed by atoms with van der Waals surface area (Å²) in [4.78, 5) is 29.3. The maximum atomic E-state index is 10.4. The number of carbonyl (C=O) groups excluding carboxylic acids is 1. The van der Waals surface area contributed by atoms with Crippen LogP contribution in [-0.2, 0) is 9.59 Å². The Hall–Kier alpha value is -2.18. The van der Waals surface area contributed by atoms with Crippen LogP contribution in [0, 0.1) is 10.1 Å². The van der Waals surface area contributed by atoms with Crippen LogP contribution in [0.25, 0.3) is 0 Å². The Kier molecular flexibility index (Phi) is 3.87. The summed E-state index contributed by atoms with van der Waals surface area (Å²) in [5.74, 6) is -3.03. The van der Waals surface area contributed by atoms with Crippen molar-refractivity contribution in [3.05, 3.63) is 34.2 Å². The fraction of sp³-hybridized carbons (Fsp3) is 0. The third-order valence-corrected chi connectivity index (χ3v) is 0.959. The summed E-state index contributed by atoms with van der Waals surface area (Å²) in [6.45, 7) is 0. The molecule has 2 N–H and O–H groups in total. The molecule has 7 heteroatoms. The number of ketones is 1. The van der Waals surface area contributed by atoms with Crippen LogP contribution in [0.1, 0.15) is 0 Å². The van der Waals surface area contributed by atoms with E-state index in [-0.39, 0.29) is 6.26 Å². The third-order valence-electron chi connectivity index (χ3n) is 0.959. The van der Waals surface area contributed by atoms with Gasteiger partial charge in [-0.05, 0) is 0 Å². The fourth-order valence-corrected chi connectivity index (χ4v) is 0.383. The van der Waals surface area contributed by atoms with E-state index in [1.54, 1.807) is 0 Å². The molecular formula is C6H5NO6. The topological polar surface area (TPSA) is 118 Å². The first-order valence-corrected chi connectivity index (χ1v) is 2.93. The van der Waals surface area contributed by atoms with Crippen molar-refractivity contribution in [2.45, 2.75) is 0 Å². The predicted molar refractivity (Wildman–Crippen MR) is 39.5 cm³/mol. The summed E-state index contributed by atoms with van der Waals surface area (Å²) in [6.07, 6.45) is 1.23. The molecule has 0 saturated heterocycles. The molecule has 0 amide bonds. The van der Waals surface area contributed by atoms with Gasteiger partial charge >= 0.3 is 11.7 Å². The summed E-state index contributed by atoms with van der Waals surface area (Å²) in [5.41, 5.74) is -0.769. The zero-order chi connectivity index (χ0) is 10.4. The Balaban J connectivity index is 4.51. The monoisotopic (exact) mass is 187 g/mol. The van der Waals surface area contributed by atoms with Gasteiger partial charge in [0, 0.05) is 12.2 Å². The summed E-state index contributed by atoms with van der Waals surface area (Å²) < 4.78 is 0. The Labute approximate surface area is 71.7 Å². The number of rotatable bonds is 4. The molecule has 0 aliphatic heterocycles. The maximum absolute atomic E-state index is 10.4. The molecule has 0 spiro atoms. The van der Waals surface area contributed by atoms with Gasteiger partial charge in [-0.1, -0.05) is 0 Å². The first-order chi connectivity index (χ1) is 5.99. The molecular weight excluding hydrogens is 182 g/mol. The Morgan fingerprint density at radius 2 is 1.85 bits per heavy atom. The number of aliphatic hydroxyl groups excluding tert-OH is 1. The summed E-state index contributed by atoms with van der Waals surface area (Å²) in [6, 6.07) is 0. The number of aliphatic hydroxyl groups is 1. The number of aliphatic carboxylic acids is 1. The van der Waals surface area contributed by atoms with Crippen LogP contribution in [0.2, 0.25) is 0 Å². The molecule has 7 nitrogen and oxygen atoms in total. The van der Waals surface area contributed by atoms with E-state index >= 15 is 0 Å². The van der Waals surface area contributed by atoms with Gasteiger partial charge in [0.05, 0.1) is 4.92 Å². The average molecular weight is 187 g/mol. The molecule has 0 aromatic carbocycles. The number of hydrogen-bond donors (Lipinski definition) is 2. The highest BCUT2D eigenvalue weighted by atomic mass is 16.6. The first-order valence-electron chi connectivity index (χ1n) is 2.93. The molecule has 0 aromatic rings. The molecule has 0 rings (SSSR count). The Morgan fingerprint density at radius 1 is 1.31 bits per heavy atom. The lowest BCUT2D eigenvalue weighted by Crippen LogP contribution is -2.09. The van der Waals surface area contributed by atoms with Gasteiger partial charge in [0.15, 0.2) is 6.26 Å². The van der Waals surface area contributed by atoms with Crippen molar-refractivity contribution in [2.24, 2.45) is 0 Å². The largest absolute Gasteiger partial charge is 0.509 e. The molecule has 0 bridgehead atoms. The van der Waals surface area contributed by atoms with Crippen LogP contribution in [0.15, 0.2) is 24.1 Å². The van der Waals surface area contributed by atoms with Crippen LogP contribution >= 0.6 is 0 Å². The van der Waals surface area contributed by atoms with Crippen LogP contribution in [0.5, 0.6) is 0 Å². The first kappa shape index (κ1) is 10.8. The quantitative estimate of drug-likeness (QED) is 0.158. The fourth-order valence-electron chi connectivity index (χ4n) is 0.383. The minimum absolute atomic E-state index is 0.158. The number of carboxylic acids is 1. The second kappa shape index (κ2) is 4.65. The van der Waals surface area contributed by atoms with Gasteiger partial charge in [0.1, 0.15) is 0 Å². The molecule has 70 valence electrons. The van der Waals surface area contributed by atoms with Crippen LogP contribution in [-0.4, -0.2) is 26.9 Å². The number of carboxylic acid groups (broad SMARTS) is 1. The smallest absolute Gasteiger partial charge is 0.376 e. The lowest BCUT2D eigenvalue weighted by Gasteiger charge is -1.86. The highest BCUT2D eigenvalue weighted by molar-refractivity contribution is 6.37. The van der Waals surface area contributed by atoms with E-state index in [1.807, 2.05) is 0 Å². The van der Waals surface area contributed by atoms with Crippen molar-refractivity contribution in [1.82, 2.24) is 0 Å². The molecule has 0 aliphatic rings. The van der Waals surface area contributed by atoms with E-state index in [0.29, 0.717) is 12.2 Å². The molecule has 0 saturated carbocycles. The number of allylic oxidation sites excluding steroid dienone is 1. The molecule has 0 aromatic heterocycles. The van der Waals surface area contributed by atoms with E-state index in [2.05, 4.69) is 0 Å². The lowest BCUT2D eigenvalue weighted by molar-refractivity contribution is -0.420. The standard InChI is InChI=1S/C6H5NO6/c8-3-4(7(12)13)1-2-5(9)6(10)11/h1-3,8H,(H,10,11)/b2-1+,4-3-. The Morgan fingerprint density at radius 3 is 2.15 bits per heavy atom. The van der Waals surface area contributed by atoms with E-state index in [4.69, 9.17) is 10.2 Å². The highest BCUT2D eigenvalue weighted by Crippen LogP contribution is 1.96. The van der Waals surface area contributed by atoms with Crippen LogP contribution in [0.4, 0.5) is 0 Å². The minimum Gasteiger partial charge on any atom is -0.509 e. The second-order valence-electron chi connectivity index (χ2n) is 1.81.